The first-order valence-corrected chi connectivity index (χ1v) is 13.1. The Morgan fingerprint density at radius 2 is 1.40 bits per heavy atom. The summed E-state index contributed by atoms with van der Waals surface area (Å²) >= 11 is 0. The van der Waals surface area contributed by atoms with Gasteiger partial charge in [-0.05, 0) is 42.5 Å². The first-order valence-electron chi connectivity index (χ1n) is 13.1. The Balaban J connectivity index is 1.43. The Morgan fingerprint density at radius 1 is 0.775 bits per heavy atom. The van der Waals surface area contributed by atoms with Gasteiger partial charge in [-0.25, -0.2) is 9.59 Å². The molecule has 0 aliphatic heterocycles. The fraction of sp³-hybridized carbons (Fsp3) is 0.258. The van der Waals surface area contributed by atoms with Gasteiger partial charge in [0.1, 0.15) is 13.2 Å². The highest BCUT2D eigenvalue weighted by molar-refractivity contribution is 5.68. The molecule has 40 heavy (non-hydrogen) atoms. The van der Waals surface area contributed by atoms with Gasteiger partial charge in [-0.2, -0.15) is 0 Å². The number of hydrogen-bond donors (Lipinski definition) is 3. The molecule has 0 radical (unpaired) electrons. The van der Waals surface area contributed by atoms with Crippen molar-refractivity contribution in [2.45, 2.75) is 50.7 Å². The summed E-state index contributed by atoms with van der Waals surface area (Å²) in [6, 6.07) is 23.3. The molecule has 3 N–H and O–H groups in total. The van der Waals surface area contributed by atoms with Gasteiger partial charge in [0.15, 0.2) is 0 Å². The molecule has 2 heterocycles. The number of amides is 2. The van der Waals surface area contributed by atoms with E-state index >= 15 is 0 Å². The number of hydrogen-bond acceptors (Lipinski definition) is 7. The van der Waals surface area contributed by atoms with Gasteiger partial charge in [-0.15, -0.1) is 0 Å². The third-order valence-corrected chi connectivity index (χ3v) is 6.28. The zero-order valence-electron chi connectivity index (χ0n) is 22.0. The highest BCUT2D eigenvalue weighted by atomic mass is 16.6. The zero-order chi connectivity index (χ0) is 28.0. The Labute approximate surface area is 233 Å². The second kappa shape index (κ2) is 15.1. The number of nitrogens with zero attached hydrogens (tertiary/aromatic N) is 1. The van der Waals surface area contributed by atoms with Crippen molar-refractivity contribution in [3.05, 3.63) is 126 Å². The highest BCUT2D eigenvalue weighted by Crippen LogP contribution is 2.15. The van der Waals surface area contributed by atoms with Crippen LogP contribution in [0.5, 0.6) is 0 Å². The molecule has 3 unspecified atom stereocenters. The molecule has 2 aromatic carbocycles. The van der Waals surface area contributed by atoms with E-state index in [1.807, 2.05) is 66.7 Å². The van der Waals surface area contributed by atoms with E-state index < -0.39 is 30.4 Å². The number of aromatic nitrogens is 1. The summed E-state index contributed by atoms with van der Waals surface area (Å²) in [7, 11) is 0. The fourth-order valence-electron chi connectivity index (χ4n) is 4.26. The van der Waals surface area contributed by atoms with Crippen molar-refractivity contribution in [2.24, 2.45) is 0 Å². The van der Waals surface area contributed by atoms with Crippen LogP contribution >= 0.6 is 0 Å². The Bertz CT molecular complexity index is 1290. The van der Waals surface area contributed by atoms with Gasteiger partial charge < -0.3 is 29.6 Å². The number of benzene rings is 2. The van der Waals surface area contributed by atoms with Crippen LogP contribution in [-0.2, 0) is 35.5 Å². The SMILES string of the molecule is O=C(NC(Cc1ccccc1)CC(O)C(Cc1ccccc1)NC(=O)OCc1ccoc1)OCc1cccnc1. The summed E-state index contributed by atoms with van der Waals surface area (Å²) in [5.74, 6) is 0. The lowest BCUT2D eigenvalue weighted by Crippen LogP contribution is -2.48. The largest absolute Gasteiger partial charge is 0.472 e. The van der Waals surface area contributed by atoms with Crippen molar-refractivity contribution in [1.82, 2.24) is 15.6 Å². The Morgan fingerprint density at radius 3 is 2.02 bits per heavy atom. The number of carbonyl (C=O) groups is 2. The molecule has 2 aromatic heterocycles. The molecule has 0 spiro atoms. The molecule has 4 rings (SSSR count). The Hall–Kier alpha value is -4.63. The summed E-state index contributed by atoms with van der Waals surface area (Å²) in [6.45, 7) is 0.110. The molecule has 0 aliphatic carbocycles. The lowest BCUT2D eigenvalue weighted by molar-refractivity contribution is 0.0860. The number of aliphatic hydroxyl groups is 1. The number of pyridine rings is 1. The van der Waals surface area contributed by atoms with Gasteiger partial charge in [0.25, 0.3) is 0 Å². The zero-order valence-corrected chi connectivity index (χ0v) is 22.0. The van der Waals surface area contributed by atoms with Crippen molar-refractivity contribution < 1.29 is 28.6 Å². The molecular formula is C31H33N3O6. The van der Waals surface area contributed by atoms with Crippen molar-refractivity contribution in [3.8, 4) is 0 Å². The summed E-state index contributed by atoms with van der Waals surface area (Å²) < 4.78 is 15.7. The topological polar surface area (TPSA) is 123 Å². The molecule has 0 aliphatic rings. The molecule has 208 valence electrons. The average molecular weight is 544 g/mol. The molecule has 9 heteroatoms. The maximum atomic E-state index is 12.7. The molecule has 3 atom stereocenters. The van der Waals surface area contributed by atoms with Crippen LogP contribution in [0, 0.1) is 0 Å². The molecule has 4 aromatic rings. The highest BCUT2D eigenvalue weighted by Gasteiger charge is 2.27. The smallest absolute Gasteiger partial charge is 0.407 e. The monoisotopic (exact) mass is 543 g/mol. The van der Waals surface area contributed by atoms with E-state index in [-0.39, 0.29) is 19.6 Å². The van der Waals surface area contributed by atoms with Crippen LogP contribution in [0.25, 0.3) is 0 Å². The van der Waals surface area contributed by atoms with Crippen LogP contribution in [0.15, 0.2) is 108 Å². The van der Waals surface area contributed by atoms with Crippen molar-refractivity contribution >= 4 is 12.2 Å². The molecule has 2 amide bonds. The summed E-state index contributed by atoms with van der Waals surface area (Å²) in [5, 5.41) is 17.0. The molecule has 0 bridgehead atoms. The van der Waals surface area contributed by atoms with Crippen LogP contribution in [0.3, 0.4) is 0 Å². The first-order chi connectivity index (χ1) is 19.5. The summed E-state index contributed by atoms with van der Waals surface area (Å²) in [5.41, 5.74) is 3.40. The molecule has 9 nitrogen and oxygen atoms in total. The minimum Gasteiger partial charge on any atom is -0.472 e. The quantitative estimate of drug-likeness (QED) is 0.221. The van der Waals surface area contributed by atoms with E-state index in [0.717, 1.165) is 16.7 Å². The summed E-state index contributed by atoms with van der Waals surface area (Å²) in [4.78, 5) is 29.4. The number of furan rings is 1. The van der Waals surface area contributed by atoms with Crippen LogP contribution in [0.2, 0.25) is 0 Å². The predicted molar refractivity (Wildman–Crippen MR) is 148 cm³/mol. The number of rotatable bonds is 13. The third kappa shape index (κ3) is 9.59. The Kier molecular flexibility index (Phi) is 10.7. The van der Waals surface area contributed by atoms with E-state index in [9.17, 15) is 14.7 Å². The number of aliphatic hydroxyl groups excluding tert-OH is 1. The lowest BCUT2D eigenvalue weighted by Gasteiger charge is -2.28. The van der Waals surface area contributed by atoms with Gasteiger partial charge in [0.2, 0.25) is 0 Å². The minimum absolute atomic E-state index is 0.0391. The van der Waals surface area contributed by atoms with Gasteiger partial charge >= 0.3 is 12.2 Å². The van der Waals surface area contributed by atoms with Crippen LogP contribution in [0.4, 0.5) is 9.59 Å². The molecular weight excluding hydrogens is 510 g/mol. The molecule has 0 saturated carbocycles. The van der Waals surface area contributed by atoms with Crippen molar-refractivity contribution in [1.29, 1.82) is 0 Å². The van der Waals surface area contributed by atoms with Gasteiger partial charge in [0, 0.05) is 29.6 Å². The third-order valence-electron chi connectivity index (χ3n) is 6.28. The van der Waals surface area contributed by atoms with E-state index in [1.54, 1.807) is 24.5 Å². The first kappa shape index (κ1) is 28.4. The molecule has 0 fully saturated rings. The van der Waals surface area contributed by atoms with Gasteiger partial charge in [0.05, 0.1) is 24.7 Å². The second-order valence-electron chi connectivity index (χ2n) is 9.42. The van der Waals surface area contributed by atoms with E-state index in [0.29, 0.717) is 18.4 Å². The van der Waals surface area contributed by atoms with Crippen LogP contribution < -0.4 is 10.6 Å². The number of ether oxygens (including phenoxy) is 2. The maximum absolute atomic E-state index is 12.7. The van der Waals surface area contributed by atoms with Gasteiger partial charge in [-0.3, -0.25) is 4.98 Å². The number of alkyl carbamates (subject to hydrolysis) is 2. The second-order valence-corrected chi connectivity index (χ2v) is 9.42. The van der Waals surface area contributed by atoms with Crippen molar-refractivity contribution in [2.75, 3.05) is 0 Å². The fourth-order valence-corrected chi connectivity index (χ4v) is 4.26. The average Bonchev–Trinajstić information content (AvgIpc) is 3.50. The lowest BCUT2D eigenvalue weighted by atomic mass is 9.94. The minimum atomic E-state index is -1.01. The maximum Gasteiger partial charge on any atom is 0.407 e. The van der Waals surface area contributed by atoms with Crippen LogP contribution in [0.1, 0.15) is 28.7 Å². The number of nitrogens with one attached hydrogen (secondary N) is 2. The van der Waals surface area contributed by atoms with E-state index in [2.05, 4.69) is 15.6 Å². The van der Waals surface area contributed by atoms with E-state index in [1.165, 1.54) is 12.5 Å². The summed E-state index contributed by atoms with van der Waals surface area (Å²) in [6.07, 6.45) is 4.99. The van der Waals surface area contributed by atoms with E-state index in [4.69, 9.17) is 13.9 Å². The predicted octanol–water partition coefficient (Wildman–Crippen LogP) is 4.80. The number of carbonyl (C=O) groups excluding carboxylic acids is 2. The van der Waals surface area contributed by atoms with Crippen molar-refractivity contribution in [3.63, 3.8) is 0 Å². The standard InChI is InChI=1S/C31H33N3O6/c35-29(28(17-24-10-5-2-6-11-24)34-31(37)40-22-26-13-15-38-20-26)18-27(16-23-8-3-1-4-9-23)33-30(36)39-21-25-12-7-14-32-19-25/h1-15,19-20,27-29,35H,16-18,21-22H2,(H,33,36)(H,34,37). The van der Waals surface area contributed by atoms with Crippen LogP contribution in [-0.4, -0.2) is 40.5 Å². The van der Waals surface area contributed by atoms with Gasteiger partial charge in [-0.1, -0.05) is 66.7 Å². The molecule has 0 saturated heterocycles. The normalized spacial score (nSPS) is 13.0.